The van der Waals surface area contributed by atoms with Crippen molar-refractivity contribution in [1.82, 2.24) is 14.5 Å². The van der Waals surface area contributed by atoms with Gasteiger partial charge in [-0.1, -0.05) is 30.3 Å². The van der Waals surface area contributed by atoms with Gasteiger partial charge in [0.1, 0.15) is 11.5 Å². The van der Waals surface area contributed by atoms with E-state index in [-0.39, 0.29) is 11.9 Å². The molecular weight excluding hydrogens is 366 g/mol. The molecule has 1 fully saturated rings. The second kappa shape index (κ2) is 7.99. The van der Waals surface area contributed by atoms with Gasteiger partial charge in [-0.05, 0) is 24.6 Å². The van der Waals surface area contributed by atoms with Crippen molar-refractivity contribution in [2.24, 2.45) is 0 Å². The number of carbonyl (C=O) groups excluding carboxylic acids is 1. The van der Waals surface area contributed by atoms with Gasteiger partial charge in [0.05, 0.1) is 31.9 Å². The maximum Gasteiger partial charge on any atom is 0.222 e. The Kier molecular flexibility index (Phi) is 5.25. The molecule has 3 aromatic rings. The minimum Gasteiger partial charge on any atom is -0.497 e. The summed E-state index contributed by atoms with van der Waals surface area (Å²) in [4.78, 5) is 18.6. The van der Waals surface area contributed by atoms with Crippen LogP contribution in [0.2, 0.25) is 0 Å². The Bertz CT molecular complexity index is 1010. The second-order valence-corrected chi connectivity index (χ2v) is 7.22. The average Bonchev–Trinajstić information content (AvgIpc) is 3.32. The molecule has 1 aromatic heterocycles. The zero-order valence-corrected chi connectivity index (χ0v) is 17.0. The molecule has 6 heteroatoms. The highest BCUT2D eigenvalue weighted by Gasteiger charge is 2.29. The van der Waals surface area contributed by atoms with Crippen LogP contribution in [0.1, 0.15) is 12.8 Å². The van der Waals surface area contributed by atoms with Crippen molar-refractivity contribution in [3.05, 3.63) is 54.9 Å². The molecule has 1 aliphatic heterocycles. The number of hydrogen-bond donors (Lipinski definition) is 0. The molecule has 0 spiro atoms. The molecule has 0 aliphatic carbocycles. The summed E-state index contributed by atoms with van der Waals surface area (Å²) in [5.74, 6) is 1.69. The number of likely N-dealkylation sites (N-methyl/N-ethyl adjacent to an activating group) is 1. The Morgan fingerprint density at radius 1 is 1.10 bits per heavy atom. The quantitative estimate of drug-likeness (QED) is 0.640. The molecule has 2 aromatic carbocycles. The lowest BCUT2D eigenvalue weighted by molar-refractivity contribution is -0.127. The van der Waals surface area contributed by atoms with Gasteiger partial charge in [-0.25, -0.2) is 4.98 Å². The molecule has 0 radical (unpaired) electrons. The number of rotatable bonds is 6. The summed E-state index contributed by atoms with van der Waals surface area (Å²) in [5, 5.41) is 0. The Balaban J connectivity index is 1.86. The van der Waals surface area contributed by atoms with E-state index in [1.54, 1.807) is 14.2 Å². The van der Waals surface area contributed by atoms with Gasteiger partial charge < -0.3 is 18.9 Å². The Hall–Kier alpha value is -3.28. The molecule has 29 heavy (non-hydrogen) atoms. The first kappa shape index (κ1) is 19.1. The van der Waals surface area contributed by atoms with E-state index in [2.05, 4.69) is 4.57 Å². The summed E-state index contributed by atoms with van der Waals surface area (Å²) >= 11 is 0. The number of amides is 1. The van der Waals surface area contributed by atoms with E-state index in [9.17, 15) is 4.79 Å². The van der Waals surface area contributed by atoms with Crippen LogP contribution in [-0.4, -0.2) is 47.7 Å². The molecule has 0 N–H and O–H groups in total. The van der Waals surface area contributed by atoms with Gasteiger partial charge in [-0.2, -0.15) is 0 Å². The summed E-state index contributed by atoms with van der Waals surface area (Å²) in [6.07, 6.45) is 3.30. The lowest BCUT2D eigenvalue weighted by Gasteiger charge is -2.22. The molecule has 2 heterocycles. The standard InChI is InChI=1S/C23H25N3O3/c1-25-17(9-12-21(25)27)14-26-15-24-22(16-7-5-4-6-8-16)23(26)19-13-18(28-2)10-11-20(19)29-3/h4-8,10-11,13,15,17H,9,12,14H2,1-3H3/t17-/m0/s1. The predicted octanol–water partition coefficient (Wildman–Crippen LogP) is 3.86. The summed E-state index contributed by atoms with van der Waals surface area (Å²) in [7, 11) is 5.19. The highest BCUT2D eigenvalue weighted by Crippen LogP contribution is 2.39. The predicted molar refractivity (Wildman–Crippen MR) is 112 cm³/mol. The maximum absolute atomic E-state index is 12.0. The fraction of sp³-hybridized carbons (Fsp3) is 0.304. The SMILES string of the molecule is COc1ccc(OC)c(-c2c(-c3ccccc3)ncn2C[C@@H]2CCC(=O)N2C)c1. The van der Waals surface area contributed by atoms with E-state index in [0.29, 0.717) is 13.0 Å². The summed E-state index contributed by atoms with van der Waals surface area (Å²) in [6, 6.07) is 16.0. The van der Waals surface area contributed by atoms with Crippen LogP contribution < -0.4 is 9.47 Å². The fourth-order valence-corrected chi connectivity index (χ4v) is 3.91. The zero-order valence-electron chi connectivity index (χ0n) is 17.0. The topological polar surface area (TPSA) is 56.6 Å². The Morgan fingerprint density at radius 2 is 1.90 bits per heavy atom. The number of imidazole rings is 1. The van der Waals surface area contributed by atoms with Crippen molar-refractivity contribution in [1.29, 1.82) is 0 Å². The maximum atomic E-state index is 12.0. The van der Waals surface area contributed by atoms with Crippen LogP contribution in [0.15, 0.2) is 54.9 Å². The van der Waals surface area contributed by atoms with Crippen molar-refractivity contribution in [3.8, 4) is 34.0 Å². The van der Waals surface area contributed by atoms with Crippen LogP contribution in [0.4, 0.5) is 0 Å². The third-order valence-corrected chi connectivity index (χ3v) is 5.59. The van der Waals surface area contributed by atoms with Crippen LogP contribution in [-0.2, 0) is 11.3 Å². The van der Waals surface area contributed by atoms with Gasteiger partial charge in [-0.15, -0.1) is 0 Å². The molecule has 6 nitrogen and oxygen atoms in total. The number of nitrogens with zero attached hydrogens (tertiary/aromatic N) is 3. The van der Waals surface area contributed by atoms with Gasteiger partial charge in [0.15, 0.2) is 0 Å². The van der Waals surface area contributed by atoms with E-state index >= 15 is 0 Å². The van der Waals surface area contributed by atoms with Crippen molar-refractivity contribution in [3.63, 3.8) is 0 Å². The van der Waals surface area contributed by atoms with Crippen LogP contribution >= 0.6 is 0 Å². The van der Waals surface area contributed by atoms with Crippen LogP contribution in [0, 0.1) is 0 Å². The molecule has 4 rings (SSSR count). The number of ether oxygens (including phenoxy) is 2. The Morgan fingerprint density at radius 3 is 2.55 bits per heavy atom. The van der Waals surface area contributed by atoms with Crippen molar-refractivity contribution in [2.45, 2.75) is 25.4 Å². The first-order chi connectivity index (χ1) is 14.1. The van der Waals surface area contributed by atoms with Gasteiger partial charge in [0, 0.05) is 37.2 Å². The van der Waals surface area contributed by atoms with Crippen LogP contribution in [0.3, 0.4) is 0 Å². The van der Waals surface area contributed by atoms with Crippen molar-refractivity contribution in [2.75, 3.05) is 21.3 Å². The van der Waals surface area contributed by atoms with E-state index in [1.165, 1.54) is 0 Å². The number of likely N-dealkylation sites (tertiary alicyclic amines) is 1. The van der Waals surface area contributed by atoms with E-state index in [0.717, 1.165) is 40.4 Å². The molecule has 0 bridgehead atoms. The molecule has 0 saturated carbocycles. The molecule has 0 unspecified atom stereocenters. The van der Waals surface area contributed by atoms with Gasteiger partial charge in [-0.3, -0.25) is 4.79 Å². The lowest BCUT2D eigenvalue weighted by atomic mass is 10.0. The zero-order chi connectivity index (χ0) is 20.4. The first-order valence-corrected chi connectivity index (χ1v) is 9.71. The van der Waals surface area contributed by atoms with Crippen LogP contribution in [0.25, 0.3) is 22.5 Å². The van der Waals surface area contributed by atoms with Crippen molar-refractivity contribution >= 4 is 5.91 Å². The molecule has 150 valence electrons. The van der Waals surface area contributed by atoms with Gasteiger partial charge in [0.2, 0.25) is 5.91 Å². The lowest BCUT2D eigenvalue weighted by Crippen LogP contribution is -2.32. The molecule has 1 amide bonds. The summed E-state index contributed by atoms with van der Waals surface area (Å²) < 4.78 is 13.3. The highest BCUT2D eigenvalue weighted by molar-refractivity contribution is 5.83. The second-order valence-electron chi connectivity index (χ2n) is 7.22. The minimum atomic E-state index is 0.149. The number of carbonyl (C=O) groups is 1. The average molecular weight is 391 g/mol. The number of methoxy groups -OCH3 is 2. The van der Waals surface area contributed by atoms with E-state index < -0.39 is 0 Å². The normalized spacial score (nSPS) is 16.3. The molecule has 1 aliphatic rings. The highest BCUT2D eigenvalue weighted by atomic mass is 16.5. The third-order valence-electron chi connectivity index (χ3n) is 5.59. The van der Waals surface area contributed by atoms with Crippen molar-refractivity contribution < 1.29 is 14.3 Å². The largest absolute Gasteiger partial charge is 0.497 e. The third kappa shape index (κ3) is 3.58. The van der Waals surface area contributed by atoms with E-state index in [4.69, 9.17) is 14.5 Å². The smallest absolute Gasteiger partial charge is 0.222 e. The number of hydrogen-bond acceptors (Lipinski definition) is 4. The monoisotopic (exact) mass is 391 g/mol. The molecule has 1 atom stereocenters. The summed E-state index contributed by atoms with van der Waals surface area (Å²) in [5.41, 5.74) is 3.78. The molecular formula is C23H25N3O3. The molecule has 1 saturated heterocycles. The van der Waals surface area contributed by atoms with E-state index in [1.807, 2.05) is 66.8 Å². The van der Waals surface area contributed by atoms with Gasteiger partial charge in [0.25, 0.3) is 0 Å². The fourth-order valence-electron chi connectivity index (χ4n) is 3.91. The number of benzene rings is 2. The van der Waals surface area contributed by atoms with Crippen LogP contribution in [0.5, 0.6) is 11.5 Å². The summed E-state index contributed by atoms with van der Waals surface area (Å²) in [6.45, 7) is 0.678. The first-order valence-electron chi connectivity index (χ1n) is 9.71. The Labute approximate surface area is 170 Å². The van der Waals surface area contributed by atoms with Gasteiger partial charge >= 0.3 is 0 Å². The minimum absolute atomic E-state index is 0.149. The number of aromatic nitrogens is 2.